The van der Waals surface area contributed by atoms with Crippen LogP contribution in [0.1, 0.15) is 43.0 Å². The minimum Gasteiger partial charge on any atom is -0.352 e. The average molecular weight is 615 g/mol. The van der Waals surface area contributed by atoms with Gasteiger partial charge >= 0.3 is 0 Å². The van der Waals surface area contributed by atoms with E-state index in [0.717, 1.165) is 31.0 Å². The normalized spacial score (nSPS) is 12.2. The molecule has 0 aromatic heterocycles. The van der Waals surface area contributed by atoms with Crippen molar-refractivity contribution in [2.45, 2.75) is 65.1 Å². The second kappa shape index (κ2) is 12.8. The van der Waals surface area contributed by atoms with Gasteiger partial charge in [0.2, 0.25) is 11.8 Å². The lowest BCUT2D eigenvalue weighted by molar-refractivity contribution is -0.139. The van der Waals surface area contributed by atoms with Gasteiger partial charge in [-0.15, -0.1) is 0 Å². The summed E-state index contributed by atoms with van der Waals surface area (Å²) in [5, 5.41) is 2.86. The number of hydrogen-bond donors (Lipinski definition) is 1. The van der Waals surface area contributed by atoms with Crippen molar-refractivity contribution < 1.29 is 18.0 Å². The third-order valence-electron chi connectivity index (χ3n) is 6.22. The van der Waals surface area contributed by atoms with E-state index in [4.69, 9.17) is 0 Å². The molecule has 0 heterocycles. The number of aryl methyl sites for hydroxylation is 3. The maximum absolute atomic E-state index is 14.0. The molecular formula is C30H36BrN3O4S. The topological polar surface area (TPSA) is 86.8 Å². The van der Waals surface area contributed by atoms with E-state index in [1.54, 1.807) is 43.3 Å². The van der Waals surface area contributed by atoms with Gasteiger partial charge in [-0.3, -0.25) is 13.9 Å². The van der Waals surface area contributed by atoms with Gasteiger partial charge in [-0.25, -0.2) is 8.42 Å². The van der Waals surface area contributed by atoms with Gasteiger partial charge in [-0.2, -0.15) is 0 Å². The highest BCUT2D eigenvalue weighted by Crippen LogP contribution is 2.27. The fraction of sp³-hybridized carbons (Fsp3) is 0.333. The molecule has 9 heteroatoms. The van der Waals surface area contributed by atoms with E-state index in [1.807, 2.05) is 65.0 Å². The number of nitrogens with one attached hydrogen (secondary N) is 1. The number of carbonyl (C=O) groups excluding carboxylic acids is 2. The first-order valence-electron chi connectivity index (χ1n) is 12.8. The zero-order valence-corrected chi connectivity index (χ0v) is 25.6. The molecule has 2 amide bonds. The lowest BCUT2D eigenvalue weighted by Crippen LogP contribution is -2.52. The highest BCUT2D eigenvalue weighted by molar-refractivity contribution is 9.10. The molecule has 7 nitrogen and oxygen atoms in total. The van der Waals surface area contributed by atoms with Gasteiger partial charge in [0.1, 0.15) is 12.6 Å². The van der Waals surface area contributed by atoms with Crippen molar-refractivity contribution in [3.05, 3.63) is 93.5 Å². The molecule has 0 saturated heterocycles. The molecule has 3 aromatic rings. The van der Waals surface area contributed by atoms with Crippen molar-refractivity contribution in [1.82, 2.24) is 10.2 Å². The molecule has 3 aromatic carbocycles. The van der Waals surface area contributed by atoms with Crippen LogP contribution in [-0.4, -0.2) is 43.8 Å². The molecule has 0 aliphatic rings. The molecule has 208 valence electrons. The predicted octanol–water partition coefficient (Wildman–Crippen LogP) is 5.51. The van der Waals surface area contributed by atoms with E-state index in [1.165, 1.54) is 4.90 Å². The minimum absolute atomic E-state index is 0.0872. The maximum atomic E-state index is 14.0. The number of hydrogen-bond acceptors (Lipinski definition) is 4. The molecular weight excluding hydrogens is 578 g/mol. The van der Waals surface area contributed by atoms with Crippen LogP contribution >= 0.6 is 15.9 Å². The summed E-state index contributed by atoms with van der Waals surface area (Å²) in [7, 11) is -4.10. The quantitative estimate of drug-likeness (QED) is 0.326. The Morgan fingerprint density at radius 2 is 1.49 bits per heavy atom. The van der Waals surface area contributed by atoms with Crippen molar-refractivity contribution in [3.63, 3.8) is 0 Å². The number of benzene rings is 3. The molecule has 0 fully saturated rings. The molecule has 0 aliphatic carbocycles. The summed E-state index contributed by atoms with van der Waals surface area (Å²) in [5.74, 6) is -0.802. The molecule has 0 bridgehead atoms. The molecule has 1 atom stereocenters. The van der Waals surface area contributed by atoms with Gasteiger partial charge in [0.05, 0.1) is 10.6 Å². The fourth-order valence-corrected chi connectivity index (χ4v) is 6.13. The van der Waals surface area contributed by atoms with Crippen LogP contribution in [0.5, 0.6) is 0 Å². The zero-order chi connectivity index (χ0) is 28.9. The number of carbonyl (C=O) groups is 2. The number of rotatable bonds is 10. The maximum Gasteiger partial charge on any atom is 0.264 e. The predicted molar refractivity (Wildman–Crippen MR) is 159 cm³/mol. The summed E-state index contributed by atoms with van der Waals surface area (Å²) < 4.78 is 29.9. The van der Waals surface area contributed by atoms with Gasteiger partial charge in [0.25, 0.3) is 10.0 Å². The lowest BCUT2D eigenvalue weighted by atomic mass is 10.1. The largest absolute Gasteiger partial charge is 0.352 e. The Bertz CT molecular complexity index is 1420. The summed E-state index contributed by atoms with van der Waals surface area (Å²) in [6.07, 6.45) is 0. The summed E-state index contributed by atoms with van der Waals surface area (Å²) in [4.78, 5) is 28.5. The van der Waals surface area contributed by atoms with Crippen molar-refractivity contribution in [2.24, 2.45) is 0 Å². The number of amides is 2. The van der Waals surface area contributed by atoms with E-state index in [0.29, 0.717) is 5.69 Å². The van der Waals surface area contributed by atoms with Crippen molar-refractivity contribution in [3.8, 4) is 0 Å². The Morgan fingerprint density at radius 1 is 0.872 bits per heavy atom. The van der Waals surface area contributed by atoms with Gasteiger partial charge in [0.15, 0.2) is 0 Å². The Kier molecular flexibility index (Phi) is 9.96. The smallest absolute Gasteiger partial charge is 0.264 e. The molecule has 39 heavy (non-hydrogen) atoms. The SMILES string of the molecule is Cc1ccc(S(=O)(=O)N(CC(=O)N(Cc2cccc(Br)c2)[C@@H](C)C(=O)NC(C)C)c2cc(C)cc(C)c2)cc1. The van der Waals surface area contributed by atoms with Gasteiger partial charge < -0.3 is 10.2 Å². The number of nitrogens with zero attached hydrogens (tertiary/aromatic N) is 2. The molecule has 0 aliphatic heterocycles. The van der Waals surface area contributed by atoms with Crippen LogP contribution in [0.25, 0.3) is 0 Å². The Morgan fingerprint density at radius 3 is 2.05 bits per heavy atom. The van der Waals surface area contributed by atoms with Crippen molar-refractivity contribution >= 4 is 43.5 Å². The lowest BCUT2D eigenvalue weighted by Gasteiger charge is -2.32. The Hall–Kier alpha value is -3.17. The summed E-state index contributed by atoms with van der Waals surface area (Å²) >= 11 is 3.46. The second-order valence-electron chi connectivity index (χ2n) is 10.2. The van der Waals surface area contributed by atoms with Crippen LogP contribution in [0.4, 0.5) is 5.69 Å². The van der Waals surface area contributed by atoms with Crippen molar-refractivity contribution in [2.75, 3.05) is 10.8 Å². The van der Waals surface area contributed by atoms with Crippen LogP contribution in [0.2, 0.25) is 0 Å². The third kappa shape index (κ3) is 7.92. The number of anilines is 1. The van der Waals surface area contributed by atoms with E-state index < -0.39 is 28.5 Å². The van der Waals surface area contributed by atoms with E-state index in [2.05, 4.69) is 21.2 Å². The standard InChI is InChI=1S/C30H36BrN3O4S/c1-20(2)32-30(36)24(6)33(18-25-8-7-9-26(31)17-25)29(35)19-34(27-15-22(4)14-23(5)16-27)39(37,38)28-12-10-21(3)11-13-28/h7-17,20,24H,18-19H2,1-6H3,(H,32,36)/t24-/m0/s1. The Balaban J connectivity index is 2.07. The van der Waals surface area contributed by atoms with Crippen LogP contribution in [0.15, 0.2) is 76.1 Å². The number of sulfonamides is 1. The molecule has 0 radical (unpaired) electrons. The van der Waals surface area contributed by atoms with Crippen LogP contribution < -0.4 is 9.62 Å². The summed E-state index contributed by atoms with van der Waals surface area (Å²) in [5.41, 5.74) is 3.87. The molecule has 0 unspecified atom stereocenters. The summed E-state index contributed by atoms with van der Waals surface area (Å²) in [6, 6.07) is 18.5. The number of halogens is 1. The molecule has 0 saturated carbocycles. The molecule has 1 N–H and O–H groups in total. The van der Waals surface area contributed by atoms with Gasteiger partial charge in [-0.05, 0) is 94.6 Å². The monoisotopic (exact) mass is 613 g/mol. The van der Waals surface area contributed by atoms with E-state index in [-0.39, 0.29) is 23.4 Å². The average Bonchev–Trinajstić information content (AvgIpc) is 2.84. The van der Waals surface area contributed by atoms with Crippen LogP contribution in [0, 0.1) is 20.8 Å². The summed E-state index contributed by atoms with van der Waals surface area (Å²) in [6.45, 7) is 10.7. The highest BCUT2D eigenvalue weighted by atomic mass is 79.9. The van der Waals surface area contributed by atoms with Crippen molar-refractivity contribution in [1.29, 1.82) is 0 Å². The first-order chi connectivity index (χ1) is 18.3. The first kappa shape index (κ1) is 30.4. The highest BCUT2D eigenvalue weighted by Gasteiger charge is 2.32. The molecule has 0 spiro atoms. The first-order valence-corrected chi connectivity index (χ1v) is 15.0. The van der Waals surface area contributed by atoms with E-state index >= 15 is 0 Å². The molecule has 3 rings (SSSR count). The van der Waals surface area contributed by atoms with Gasteiger partial charge in [-0.1, -0.05) is 51.8 Å². The van der Waals surface area contributed by atoms with E-state index in [9.17, 15) is 18.0 Å². The Labute approximate surface area is 240 Å². The van der Waals surface area contributed by atoms with Crippen LogP contribution in [0.3, 0.4) is 0 Å². The van der Waals surface area contributed by atoms with Gasteiger partial charge in [0, 0.05) is 17.1 Å². The van der Waals surface area contributed by atoms with Crippen LogP contribution in [-0.2, 0) is 26.2 Å². The zero-order valence-electron chi connectivity index (χ0n) is 23.2. The fourth-order valence-electron chi connectivity index (χ4n) is 4.28. The minimum atomic E-state index is -4.10. The third-order valence-corrected chi connectivity index (χ3v) is 8.50. The second-order valence-corrected chi connectivity index (χ2v) is 12.9.